The van der Waals surface area contributed by atoms with E-state index in [-0.39, 0.29) is 24.1 Å². The van der Waals surface area contributed by atoms with E-state index in [1.807, 2.05) is 0 Å². The second-order valence-corrected chi connectivity index (χ2v) is 6.26. The SMILES string of the molecule is CCCNCCOc1ccncc1NC(=O)c1c[nH]c2c1C(=O)CCC2.Cl. The molecule has 0 atom stereocenters. The Hall–Kier alpha value is -2.38. The third-order valence-electron chi connectivity index (χ3n) is 4.31. The van der Waals surface area contributed by atoms with Crippen LogP contribution in [0.2, 0.25) is 0 Å². The lowest BCUT2D eigenvalue weighted by atomic mass is 9.93. The highest BCUT2D eigenvalue weighted by atomic mass is 35.5. The first kappa shape index (κ1) is 20.9. The molecule has 3 N–H and O–H groups in total. The average molecular weight is 393 g/mol. The number of ketones is 1. The van der Waals surface area contributed by atoms with Crippen LogP contribution in [0.3, 0.4) is 0 Å². The summed E-state index contributed by atoms with van der Waals surface area (Å²) in [5, 5.41) is 6.07. The van der Waals surface area contributed by atoms with Crippen molar-refractivity contribution in [1.82, 2.24) is 15.3 Å². The molecule has 0 radical (unpaired) electrons. The van der Waals surface area contributed by atoms with Crippen molar-refractivity contribution in [2.45, 2.75) is 32.6 Å². The molecular formula is C19H25ClN4O3. The first-order valence-corrected chi connectivity index (χ1v) is 9.03. The van der Waals surface area contributed by atoms with Gasteiger partial charge in [0.1, 0.15) is 18.0 Å². The maximum Gasteiger partial charge on any atom is 0.258 e. The number of carbonyl (C=O) groups is 2. The lowest BCUT2D eigenvalue weighted by molar-refractivity contribution is 0.0956. The van der Waals surface area contributed by atoms with Crippen molar-refractivity contribution < 1.29 is 14.3 Å². The van der Waals surface area contributed by atoms with Crippen molar-refractivity contribution in [3.63, 3.8) is 0 Å². The number of aromatic nitrogens is 2. The molecule has 0 aromatic carbocycles. The van der Waals surface area contributed by atoms with Crippen LogP contribution >= 0.6 is 12.4 Å². The Morgan fingerprint density at radius 1 is 1.33 bits per heavy atom. The number of hydrogen-bond donors (Lipinski definition) is 3. The van der Waals surface area contributed by atoms with E-state index < -0.39 is 0 Å². The van der Waals surface area contributed by atoms with E-state index in [0.29, 0.717) is 35.6 Å². The van der Waals surface area contributed by atoms with Gasteiger partial charge in [-0.3, -0.25) is 14.6 Å². The van der Waals surface area contributed by atoms with Gasteiger partial charge in [-0.1, -0.05) is 6.92 Å². The van der Waals surface area contributed by atoms with E-state index >= 15 is 0 Å². The summed E-state index contributed by atoms with van der Waals surface area (Å²) in [5.74, 6) is 0.240. The number of H-pyrrole nitrogens is 1. The molecule has 2 heterocycles. The molecule has 2 aromatic rings. The predicted octanol–water partition coefficient (Wildman–Crippen LogP) is 2.98. The number of fused-ring (bicyclic) bond motifs is 1. The molecule has 27 heavy (non-hydrogen) atoms. The fourth-order valence-corrected chi connectivity index (χ4v) is 3.04. The van der Waals surface area contributed by atoms with Crippen LogP contribution in [0.4, 0.5) is 5.69 Å². The number of nitrogens with zero attached hydrogens (tertiary/aromatic N) is 1. The molecule has 0 unspecified atom stereocenters. The van der Waals surface area contributed by atoms with Gasteiger partial charge in [0.25, 0.3) is 5.91 Å². The summed E-state index contributed by atoms with van der Waals surface area (Å²) in [6.07, 6.45) is 7.93. The van der Waals surface area contributed by atoms with Gasteiger partial charge in [-0.05, 0) is 25.8 Å². The van der Waals surface area contributed by atoms with Crippen LogP contribution < -0.4 is 15.4 Å². The number of halogens is 1. The number of nitrogens with one attached hydrogen (secondary N) is 3. The van der Waals surface area contributed by atoms with Crippen LogP contribution in [0.1, 0.15) is 52.6 Å². The second kappa shape index (κ2) is 10.1. The molecule has 1 aliphatic carbocycles. The zero-order chi connectivity index (χ0) is 18.4. The number of aromatic amines is 1. The summed E-state index contributed by atoms with van der Waals surface area (Å²) in [5.41, 5.74) is 2.23. The first-order valence-electron chi connectivity index (χ1n) is 9.03. The fourth-order valence-electron chi connectivity index (χ4n) is 3.04. The zero-order valence-corrected chi connectivity index (χ0v) is 16.2. The molecule has 146 valence electrons. The van der Waals surface area contributed by atoms with E-state index in [1.54, 1.807) is 24.7 Å². The Morgan fingerprint density at radius 3 is 3.00 bits per heavy atom. The minimum atomic E-state index is -0.334. The molecule has 7 nitrogen and oxygen atoms in total. The van der Waals surface area contributed by atoms with E-state index in [0.717, 1.165) is 38.0 Å². The van der Waals surface area contributed by atoms with Crippen molar-refractivity contribution >= 4 is 29.8 Å². The Balaban J connectivity index is 0.00000261. The van der Waals surface area contributed by atoms with E-state index in [4.69, 9.17) is 4.74 Å². The molecule has 2 aromatic heterocycles. The van der Waals surface area contributed by atoms with Gasteiger partial charge in [0.2, 0.25) is 0 Å². The van der Waals surface area contributed by atoms with Crippen LogP contribution in [-0.2, 0) is 6.42 Å². The third-order valence-corrected chi connectivity index (χ3v) is 4.31. The normalized spacial score (nSPS) is 12.9. The van der Waals surface area contributed by atoms with Crippen molar-refractivity contribution in [1.29, 1.82) is 0 Å². The fraction of sp³-hybridized carbons (Fsp3) is 0.421. The number of aryl methyl sites for hydroxylation is 1. The summed E-state index contributed by atoms with van der Waals surface area (Å²) < 4.78 is 5.74. The van der Waals surface area contributed by atoms with Crippen molar-refractivity contribution in [3.05, 3.63) is 41.5 Å². The Kier molecular flexibility index (Phi) is 7.82. The highest BCUT2D eigenvalue weighted by Gasteiger charge is 2.26. The maximum atomic E-state index is 12.7. The molecule has 8 heteroatoms. The maximum absolute atomic E-state index is 12.7. The first-order chi connectivity index (χ1) is 12.7. The number of rotatable bonds is 8. The van der Waals surface area contributed by atoms with E-state index in [2.05, 4.69) is 27.5 Å². The van der Waals surface area contributed by atoms with Gasteiger partial charge >= 0.3 is 0 Å². The molecule has 0 fully saturated rings. The predicted molar refractivity (Wildman–Crippen MR) is 106 cm³/mol. The van der Waals surface area contributed by atoms with Gasteiger partial charge in [0.15, 0.2) is 5.78 Å². The topological polar surface area (TPSA) is 96.1 Å². The number of carbonyl (C=O) groups excluding carboxylic acids is 2. The third kappa shape index (κ3) is 5.08. The van der Waals surface area contributed by atoms with Crippen LogP contribution in [0.25, 0.3) is 0 Å². The second-order valence-electron chi connectivity index (χ2n) is 6.26. The number of hydrogen-bond acceptors (Lipinski definition) is 5. The molecule has 0 saturated heterocycles. The minimum absolute atomic E-state index is 0. The van der Waals surface area contributed by atoms with Crippen molar-refractivity contribution in [3.8, 4) is 5.75 Å². The van der Waals surface area contributed by atoms with E-state index in [9.17, 15) is 9.59 Å². The smallest absolute Gasteiger partial charge is 0.258 e. The monoisotopic (exact) mass is 392 g/mol. The Morgan fingerprint density at radius 2 is 2.19 bits per heavy atom. The summed E-state index contributed by atoms with van der Waals surface area (Å²) in [6, 6.07) is 1.72. The van der Waals surface area contributed by atoms with Crippen LogP contribution in [0.15, 0.2) is 24.7 Å². The lowest BCUT2D eigenvalue weighted by Gasteiger charge is -2.14. The Labute approximate surface area is 164 Å². The zero-order valence-electron chi connectivity index (χ0n) is 15.3. The number of anilines is 1. The van der Waals surface area contributed by atoms with Gasteiger partial charge < -0.3 is 20.4 Å². The molecule has 0 aliphatic heterocycles. The number of ether oxygens (including phenoxy) is 1. The largest absolute Gasteiger partial charge is 0.490 e. The molecule has 1 aliphatic rings. The highest BCUT2D eigenvalue weighted by molar-refractivity contribution is 6.13. The molecule has 0 spiro atoms. The van der Waals surface area contributed by atoms with Crippen molar-refractivity contribution in [2.24, 2.45) is 0 Å². The molecular weight excluding hydrogens is 368 g/mol. The van der Waals surface area contributed by atoms with Crippen LogP contribution in [0.5, 0.6) is 5.75 Å². The van der Waals surface area contributed by atoms with Gasteiger partial charge in [0.05, 0.1) is 17.3 Å². The summed E-state index contributed by atoms with van der Waals surface area (Å²) in [6.45, 7) is 4.26. The van der Waals surface area contributed by atoms with Gasteiger partial charge in [-0.2, -0.15) is 0 Å². The highest BCUT2D eigenvalue weighted by Crippen LogP contribution is 2.27. The summed E-state index contributed by atoms with van der Waals surface area (Å²) in [4.78, 5) is 32.0. The van der Waals surface area contributed by atoms with Gasteiger partial charge in [0, 0.05) is 37.1 Å². The average Bonchev–Trinajstić information content (AvgIpc) is 3.08. The molecule has 3 rings (SSSR count). The molecule has 0 bridgehead atoms. The van der Waals surface area contributed by atoms with Gasteiger partial charge in [-0.25, -0.2) is 0 Å². The summed E-state index contributed by atoms with van der Waals surface area (Å²) in [7, 11) is 0. The number of amides is 1. The van der Waals surface area contributed by atoms with E-state index in [1.165, 1.54) is 0 Å². The van der Waals surface area contributed by atoms with Gasteiger partial charge in [-0.15, -0.1) is 12.4 Å². The number of Topliss-reactive ketones (excluding diaryl/α,β-unsaturated/α-hetero) is 1. The Bertz CT molecular complexity index is 791. The van der Waals surface area contributed by atoms with Crippen LogP contribution in [0, 0.1) is 0 Å². The molecule has 1 amide bonds. The number of pyridine rings is 1. The van der Waals surface area contributed by atoms with Crippen LogP contribution in [-0.4, -0.2) is 41.4 Å². The standard InChI is InChI=1S/C19H24N4O3.ClH/c1-2-7-20-9-10-26-17-6-8-21-12-15(17)23-19(25)13-11-22-14-4-3-5-16(24)18(13)14;/h6,8,11-12,20,22H,2-5,7,9-10H2,1H3,(H,23,25);1H. The quantitative estimate of drug-likeness (QED) is 0.600. The summed E-state index contributed by atoms with van der Waals surface area (Å²) >= 11 is 0. The lowest BCUT2D eigenvalue weighted by Crippen LogP contribution is -2.22. The minimum Gasteiger partial charge on any atom is -0.490 e. The van der Waals surface area contributed by atoms with Crippen molar-refractivity contribution in [2.75, 3.05) is 25.0 Å². The molecule has 0 saturated carbocycles.